The molecule has 5 nitrogen and oxygen atoms in total. The van der Waals surface area contributed by atoms with Crippen LogP contribution in [0.25, 0.3) is 0 Å². The van der Waals surface area contributed by atoms with Crippen molar-refractivity contribution >= 4 is 21.8 Å². The van der Waals surface area contributed by atoms with Gasteiger partial charge in [0.2, 0.25) is 0 Å². The lowest BCUT2D eigenvalue weighted by Gasteiger charge is -2.31. The van der Waals surface area contributed by atoms with E-state index in [1.54, 1.807) is 6.20 Å². The minimum Gasteiger partial charge on any atom is -0.345 e. The van der Waals surface area contributed by atoms with Crippen molar-refractivity contribution in [2.45, 2.75) is 46.2 Å². The molecule has 114 valence electrons. The highest BCUT2D eigenvalue weighted by molar-refractivity contribution is 9.10. The third-order valence-electron chi connectivity index (χ3n) is 3.08. The molecule has 1 amide bonds. The second kappa shape index (κ2) is 7.22. The van der Waals surface area contributed by atoms with E-state index in [0.717, 1.165) is 19.5 Å². The van der Waals surface area contributed by atoms with Crippen molar-refractivity contribution in [3.8, 4) is 0 Å². The summed E-state index contributed by atoms with van der Waals surface area (Å²) in [4.78, 5) is 18.7. The number of halogens is 1. The van der Waals surface area contributed by atoms with Crippen LogP contribution in [0.5, 0.6) is 0 Å². The van der Waals surface area contributed by atoms with Crippen LogP contribution in [0.2, 0.25) is 0 Å². The summed E-state index contributed by atoms with van der Waals surface area (Å²) in [6, 6.07) is 0. The Morgan fingerprint density at radius 3 is 2.70 bits per heavy atom. The van der Waals surface area contributed by atoms with E-state index in [1.165, 1.54) is 0 Å². The molecule has 0 aromatic carbocycles. The molecule has 0 saturated heterocycles. The molecule has 0 aliphatic heterocycles. The normalized spacial score (nSPS) is 11.9. The molecule has 1 rings (SSSR count). The number of nitrogens with one attached hydrogen (secondary N) is 1. The molecule has 1 aromatic heterocycles. The lowest BCUT2D eigenvalue weighted by molar-refractivity contribution is 0.0885. The third kappa shape index (κ3) is 4.59. The van der Waals surface area contributed by atoms with Crippen LogP contribution in [0.15, 0.2) is 10.9 Å². The summed E-state index contributed by atoms with van der Waals surface area (Å²) in [7, 11) is 2.07. The number of carbonyl (C=O) groups is 1. The van der Waals surface area contributed by atoms with Crippen molar-refractivity contribution in [2.75, 3.05) is 20.1 Å². The standard InChI is InChI=1S/C14H25BrN4O/c1-6-8-18(5)10-14(3,4)17-12(20)11-9-16-13(15)19(11)7-2/h9H,6-8,10H2,1-5H3,(H,17,20). The molecular formula is C14H25BrN4O. The number of aromatic nitrogens is 2. The zero-order chi connectivity index (χ0) is 15.3. The van der Waals surface area contributed by atoms with Gasteiger partial charge in [-0.05, 0) is 56.7 Å². The smallest absolute Gasteiger partial charge is 0.270 e. The van der Waals surface area contributed by atoms with Gasteiger partial charge in [0.05, 0.1) is 6.20 Å². The predicted molar refractivity (Wildman–Crippen MR) is 84.9 cm³/mol. The SMILES string of the molecule is CCCN(C)CC(C)(C)NC(=O)c1cnc(Br)n1CC. The first kappa shape index (κ1) is 17.2. The monoisotopic (exact) mass is 344 g/mol. The number of hydrogen-bond acceptors (Lipinski definition) is 3. The fraction of sp³-hybridized carbons (Fsp3) is 0.714. The molecule has 20 heavy (non-hydrogen) atoms. The largest absolute Gasteiger partial charge is 0.345 e. The zero-order valence-corrected chi connectivity index (χ0v) is 14.6. The van der Waals surface area contributed by atoms with Crippen molar-refractivity contribution in [1.29, 1.82) is 0 Å². The summed E-state index contributed by atoms with van der Waals surface area (Å²) in [5.41, 5.74) is 0.307. The highest BCUT2D eigenvalue weighted by atomic mass is 79.9. The van der Waals surface area contributed by atoms with E-state index in [4.69, 9.17) is 0 Å². The van der Waals surface area contributed by atoms with Crippen LogP contribution in [-0.4, -0.2) is 46.0 Å². The molecule has 0 bridgehead atoms. The van der Waals surface area contributed by atoms with E-state index in [9.17, 15) is 4.79 Å². The molecule has 0 radical (unpaired) electrons. The maximum atomic E-state index is 12.4. The van der Waals surface area contributed by atoms with Gasteiger partial charge in [0.25, 0.3) is 5.91 Å². The Morgan fingerprint density at radius 1 is 1.50 bits per heavy atom. The first-order valence-corrected chi connectivity index (χ1v) is 7.82. The van der Waals surface area contributed by atoms with Crippen molar-refractivity contribution in [3.05, 3.63) is 16.6 Å². The van der Waals surface area contributed by atoms with Gasteiger partial charge in [0, 0.05) is 18.6 Å². The quantitative estimate of drug-likeness (QED) is 0.826. The minimum absolute atomic E-state index is 0.0834. The molecule has 0 unspecified atom stereocenters. The average Bonchev–Trinajstić information content (AvgIpc) is 2.69. The first-order valence-electron chi connectivity index (χ1n) is 7.02. The zero-order valence-electron chi connectivity index (χ0n) is 13.0. The van der Waals surface area contributed by atoms with Crippen LogP contribution < -0.4 is 5.32 Å². The number of amides is 1. The van der Waals surface area contributed by atoms with Crippen molar-refractivity contribution in [1.82, 2.24) is 19.8 Å². The van der Waals surface area contributed by atoms with E-state index in [-0.39, 0.29) is 11.4 Å². The number of rotatable bonds is 7. The summed E-state index contributed by atoms with van der Waals surface area (Å²) >= 11 is 3.35. The Labute approximate surface area is 129 Å². The van der Waals surface area contributed by atoms with Gasteiger partial charge in [-0.25, -0.2) is 4.98 Å². The van der Waals surface area contributed by atoms with Crippen LogP contribution in [0.4, 0.5) is 0 Å². The number of hydrogen-bond donors (Lipinski definition) is 1. The second-order valence-corrected chi connectivity index (χ2v) is 6.44. The summed E-state index contributed by atoms with van der Waals surface area (Å²) in [5, 5.41) is 3.09. The number of likely N-dealkylation sites (N-methyl/N-ethyl adjacent to an activating group) is 1. The Kier molecular flexibility index (Phi) is 6.20. The van der Waals surface area contributed by atoms with Gasteiger partial charge in [-0.3, -0.25) is 4.79 Å². The van der Waals surface area contributed by atoms with Gasteiger partial charge in [-0.15, -0.1) is 0 Å². The molecule has 0 aliphatic rings. The average molecular weight is 345 g/mol. The summed E-state index contributed by atoms with van der Waals surface area (Å²) in [6.45, 7) is 10.8. The Hall–Kier alpha value is -0.880. The number of nitrogens with zero attached hydrogens (tertiary/aromatic N) is 3. The van der Waals surface area contributed by atoms with Crippen LogP contribution in [0.1, 0.15) is 44.6 Å². The molecule has 1 N–H and O–H groups in total. The van der Waals surface area contributed by atoms with Gasteiger partial charge in [0.1, 0.15) is 5.69 Å². The summed E-state index contributed by atoms with van der Waals surface area (Å²) < 4.78 is 2.53. The van der Waals surface area contributed by atoms with Gasteiger partial charge in [-0.2, -0.15) is 0 Å². The van der Waals surface area contributed by atoms with Gasteiger partial charge < -0.3 is 14.8 Å². The molecule has 1 heterocycles. The van der Waals surface area contributed by atoms with Crippen molar-refractivity contribution in [2.24, 2.45) is 0 Å². The molecule has 1 aromatic rings. The fourth-order valence-electron chi connectivity index (χ4n) is 2.38. The van der Waals surface area contributed by atoms with E-state index in [0.29, 0.717) is 17.0 Å². The number of carbonyl (C=O) groups excluding carboxylic acids is 1. The Morgan fingerprint density at radius 2 is 2.15 bits per heavy atom. The van der Waals surface area contributed by atoms with Gasteiger partial charge in [0.15, 0.2) is 4.73 Å². The highest BCUT2D eigenvalue weighted by Gasteiger charge is 2.24. The van der Waals surface area contributed by atoms with Gasteiger partial charge in [-0.1, -0.05) is 6.92 Å². The van der Waals surface area contributed by atoms with Gasteiger partial charge >= 0.3 is 0 Å². The maximum Gasteiger partial charge on any atom is 0.270 e. The van der Waals surface area contributed by atoms with Crippen LogP contribution in [0, 0.1) is 0 Å². The first-order chi connectivity index (χ1) is 9.30. The van der Waals surface area contributed by atoms with E-state index in [1.807, 2.05) is 25.3 Å². The lowest BCUT2D eigenvalue weighted by Crippen LogP contribution is -2.51. The summed E-state index contributed by atoms with van der Waals surface area (Å²) in [5.74, 6) is -0.0834. The molecular weight excluding hydrogens is 320 g/mol. The van der Waals surface area contributed by atoms with Crippen LogP contribution >= 0.6 is 15.9 Å². The van der Waals surface area contributed by atoms with E-state index < -0.39 is 0 Å². The molecule has 0 spiro atoms. The van der Waals surface area contributed by atoms with Crippen molar-refractivity contribution in [3.63, 3.8) is 0 Å². The van der Waals surface area contributed by atoms with Crippen LogP contribution in [0.3, 0.4) is 0 Å². The van der Waals surface area contributed by atoms with E-state index in [2.05, 4.69) is 45.1 Å². The number of imidazole rings is 1. The fourth-order valence-corrected chi connectivity index (χ4v) is 2.93. The predicted octanol–water partition coefficient (Wildman–Crippen LogP) is 2.52. The van der Waals surface area contributed by atoms with Crippen LogP contribution in [-0.2, 0) is 6.54 Å². The molecule has 0 aliphatic carbocycles. The molecule has 0 fully saturated rings. The lowest BCUT2D eigenvalue weighted by atomic mass is 10.0. The second-order valence-electron chi connectivity index (χ2n) is 5.73. The molecule has 0 saturated carbocycles. The third-order valence-corrected chi connectivity index (χ3v) is 3.71. The topological polar surface area (TPSA) is 50.2 Å². The molecule has 6 heteroatoms. The minimum atomic E-state index is -0.281. The highest BCUT2D eigenvalue weighted by Crippen LogP contribution is 2.13. The maximum absolute atomic E-state index is 12.4. The summed E-state index contributed by atoms with van der Waals surface area (Å²) in [6.07, 6.45) is 2.71. The Balaban J connectivity index is 2.73. The van der Waals surface area contributed by atoms with Crippen molar-refractivity contribution < 1.29 is 4.79 Å². The van der Waals surface area contributed by atoms with E-state index >= 15 is 0 Å². The molecule has 0 atom stereocenters. The Bertz CT molecular complexity index is 456.